The Morgan fingerprint density at radius 2 is 1.98 bits per heavy atom. The summed E-state index contributed by atoms with van der Waals surface area (Å²) >= 11 is 0. The molecule has 2 aromatic rings. The fraction of sp³-hybridized carbons (Fsp3) is 0.600. The standard InChI is InChI=1S/C25H34F3N5O8S/c1-5-32-12-20(22(31-32)39-6-2)42(36,37)33-11-17(10-29-21(34)15-13-38-14-15)40-19-8-7-16(9-18(19)33)30-23(35)41-24(3,4)25(26,27)28/h7-9,12,15,17,23,30,35H,5-6,10-11,13-14H2,1-4H3,(H,29,34)/t17-,23?/m0/s1. The second kappa shape index (κ2) is 12.1. The lowest BCUT2D eigenvalue weighted by molar-refractivity contribution is -0.298. The van der Waals surface area contributed by atoms with Gasteiger partial charge in [0.15, 0.2) is 10.5 Å². The number of fused-ring (bicyclic) bond motifs is 1. The van der Waals surface area contributed by atoms with Gasteiger partial charge in [-0.3, -0.25) is 13.8 Å². The number of aryl methyl sites for hydroxylation is 1. The van der Waals surface area contributed by atoms with Crippen LogP contribution in [-0.4, -0.2) is 86.4 Å². The number of benzene rings is 1. The Kier molecular flexibility index (Phi) is 9.15. The molecule has 42 heavy (non-hydrogen) atoms. The Balaban J connectivity index is 1.65. The summed E-state index contributed by atoms with van der Waals surface area (Å²) in [5.41, 5.74) is -2.59. The summed E-state index contributed by atoms with van der Waals surface area (Å²) in [5, 5.41) is 19.5. The molecule has 1 unspecified atom stereocenters. The molecule has 0 bridgehead atoms. The lowest BCUT2D eigenvalue weighted by Gasteiger charge is -2.36. The van der Waals surface area contributed by atoms with Crippen molar-refractivity contribution >= 4 is 27.3 Å². The second-order valence-corrected chi connectivity index (χ2v) is 12.0. The van der Waals surface area contributed by atoms with Gasteiger partial charge in [0.1, 0.15) is 11.9 Å². The summed E-state index contributed by atoms with van der Waals surface area (Å²) in [4.78, 5) is 12.1. The van der Waals surface area contributed by atoms with E-state index in [0.717, 1.165) is 18.2 Å². The Morgan fingerprint density at radius 1 is 1.26 bits per heavy atom. The molecule has 234 valence electrons. The smallest absolute Gasteiger partial charge is 0.417 e. The molecule has 2 aliphatic heterocycles. The molecule has 13 nitrogen and oxygen atoms in total. The quantitative estimate of drug-likeness (QED) is 0.300. The van der Waals surface area contributed by atoms with Crippen LogP contribution in [0.5, 0.6) is 11.6 Å². The van der Waals surface area contributed by atoms with Gasteiger partial charge in [-0.1, -0.05) is 0 Å². The minimum absolute atomic E-state index is 0.00753. The largest absolute Gasteiger partial charge is 0.484 e. The maximum absolute atomic E-state index is 14.1. The Bertz CT molecular complexity index is 1380. The number of aromatic nitrogens is 2. The first-order valence-corrected chi connectivity index (χ1v) is 14.7. The van der Waals surface area contributed by atoms with Crippen LogP contribution < -0.4 is 24.4 Å². The van der Waals surface area contributed by atoms with Crippen molar-refractivity contribution in [1.29, 1.82) is 0 Å². The van der Waals surface area contributed by atoms with E-state index in [2.05, 4.69) is 15.7 Å². The van der Waals surface area contributed by atoms with Gasteiger partial charge in [-0.15, -0.1) is 5.10 Å². The van der Waals surface area contributed by atoms with Crippen LogP contribution in [0.4, 0.5) is 24.5 Å². The monoisotopic (exact) mass is 621 g/mol. The molecule has 0 spiro atoms. The number of carbonyl (C=O) groups is 1. The molecule has 2 aliphatic rings. The summed E-state index contributed by atoms with van der Waals surface area (Å²) in [6.45, 7) is 5.87. The summed E-state index contributed by atoms with van der Waals surface area (Å²) in [5.74, 6) is -0.523. The first kappa shape index (κ1) is 31.7. The molecule has 1 amide bonds. The summed E-state index contributed by atoms with van der Waals surface area (Å²) in [7, 11) is -4.35. The van der Waals surface area contributed by atoms with E-state index in [1.54, 1.807) is 13.8 Å². The molecule has 1 saturated heterocycles. The van der Waals surface area contributed by atoms with E-state index in [9.17, 15) is 31.5 Å². The number of sulfonamides is 1. The highest BCUT2D eigenvalue weighted by Crippen LogP contribution is 2.41. The van der Waals surface area contributed by atoms with Crippen LogP contribution in [0, 0.1) is 5.92 Å². The van der Waals surface area contributed by atoms with Crippen molar-refractivity contribution in [2.24, 2.45) is 5.92 Å². The summed E-state index contributed by atoms with van der Waals surface area (Å²) < 4.78 is 91.6. The van der Waals surface area contributed by atoms with Gasteiger partial charge in [0, 0.05) is 18.4 Å². The predicted molar refractivity (Wildman–Crippen MR) is 143 cm³/mol. The van der Waals surface area contributed by atoms with Gasteiger partial charge in [0.2, 0.25) is 12.3 Å². The van der Waals surface area contributed by atoms with Crippen molar-refractivity contribution in [2.75, 3.05) is 42.5 Å². The molecular formula is C25H34F3N5O8S. The highest BCUT2D eigenvalue weighted by Gasteiger charge is 2.50. The molecule has 1 fully saturated rings. The number of ether oxygens (including phenoxy) is 4. The number of anilines is 2. The number of amides is 1. The number of hydrogen-bond donors (Lipinski definition) is 3. The number of aliphatic hydroxyl groups is 1. The zero-order valence-corrected chi connectivity index (χ0v) is 24.3. The summed E-state index contributed by atoms with van der Waals surface area (Å²) in [6, 6.07) is 4.07. The van der Waals surface area contributed by atoms with Gasteiger partial charge in [0.05, 0.1) is 44.5 Å². The maximum atomic E-state index is 14.1. The number of hydrogen-bond acceptors (Lipinski definition) is 10. The molecule has 0 saturated carbocycles. The Labute approximate surface area is 240 Å². The number of halogens is 3. The molecule has 17 heteroatoms. The average Bonchev–Trinajstić information content (AvgIpc) is 3.29. The van der Waals surface area contributed by atoms with Crippen molar-refractivity contribution in [3.8, 4) is 11.6 Å². The number of nitrogens with one attached hydrogen (secondary N) is 2. The van der Waals surface area contributed by atoms with Crippen LogP contribution in [0.15, 0.2) is 29.3 Å². The first-order chi connectivity index (χ1) is 19.7. The van der Waals surface area contributed by atoms with Crippen LogP contribution in [0.3, 0.4) is 0 Å². The van der Waals surface area contributed by atoms with Crippen LogP contribution in [0.2, 0.25) is 0 Å². The van der Waals surface area contributed by atoms with E-state index in [-0.39, 0.29) is 59.4 Å². The van der Waals surface area contributed by atoms with Gasteiger partial charge in [-0.25, -0.2) is 8.42 Å². The molecule has 3 heterocycles. The Morgan fingerprint density at radius 3 is 2.57 bits per heavy atom. The second-order valence-electron chi connectivity index (χ2n) is 10.1. The van der Waals surface area contributed by atoms with Gasteiger partial charge in [-0.2, -0.15) is 13.2 Å². The van der Waals surface area contributed by atoms with Crippen LogP contribution in [0.25, 0.3) is 0 Å². The van der Waals surface area contributed by atoms with Crippen molar-refractivity contribution in [1.82, 2.24) is 15.1 Å². The van der Waals surface area contributed by atoms with Crippen LogP contribution in [-0.2, 0) is 30.8 Å². The number of carbonyl (C=O) groups excluding carboxylic acids is 1. The van der Waals surface area contributed by atoms with Gasteiger partial charge < -0.3 is 34.7 Å². The normalized spacial score (nSPS) is 18.5. The third-order valence-electron chi connectivity index (χ3n) is 6.65. The van der Waals surface area contributed by atoms with Gasteiger partial charge in [-0.05, 0) is 45.9 Å². The van der Waals surface area contributed by atoms with Crippen LogP contribution >= 0.6 is 0 Å². The van der Waals surface area contributed by atoms with E-state index < -0.39 is 34.3 Å². The molecule has 3 N–H and O–H groups in total. The predicted octanol–water partition coefficient (Wildman–Crippen LogP) is 2.07. The van der Waals surface area contributed by atoms with Crippen molar-refractivity contribution < 1.29 is 50.4 Å². The number of alkyl halides is 3. The fourth-order valence-corrected chi connectivity index (χ4v) is 5.66. The zero-order chi connectivity index (χ0) is 30.9. The molecule has 1 aromatic heterocycles. The maximum Gasteiger partial charge on any atom is 0.417 e. The van der Waals surface area contributed by atoms with Crippen LogP contribution in [0.1, 0.15) is 27.7 Å². The molecule has 0 aliphatic carbocycles. The van der Waals surface area contributed by atoms with E-state index >= 15 is 0 Å². The van der Waals surface area contributed by atoms with Gasteiger partial charge in [0.25, 0.3) is 15.9 Å². The number of rotatable bonds is 12. The third kappa shape index (κ3) is 6.68. The minimum Gasteiger partial charge on any atom is -0.484 e. The highest BCUT2D eigenvalue weighted by atomic mass is 32.2. The van der Waals surface area contributed by atoms with E-state index in [4.69, 9.17) is 18.9 Å². The third-order valence-corrected chi connectivity index (χ3v) is 8.41. The van der Waals surface area contributed by atoms with Crippen molar-refractivity contribution in [3.63, 3.8) is 0 Å². The Hall–Kier alpha value is -3.28. The van der Waals surface area contributed by atoms with Gasteiger partial charge >= 0.3 is 6.18 Å². The molecule has 2 atom stereocenters. The highest BCUT2D eigenvalue weighted by molar-refractivity contribution is 7.93. The molecule has 1 aromatic carbocycles. The topological polar surface area (TPSA) is 153 Å². The number of nitrogens with zero attached hydrogens (tertiary/aromatic N) is 3. The lowest BCUT2D eigenvalue weighted by Crippen LogP contribution is -2.50. The SMILES string of the molecule is CCOc1nn(CC)cc1S(=O)(=O)N1C[C@H](CNC(=O)C2COC2)Oc2ccc(NC(O)OC(C)(C)C(F)(F)F)cc21. The first-order valence-electron chi connectivity index (χ1n) is 13.2. The minimum atomic E-state index is -4.76. The zero-order valence-electron chi connectivity index (χ0n) is 23.5. The van der Waals surface area contributed by atoms with E-state index in [0.29, 0.717) is 19.8 Å². The van der Waals surface area contributed by atoms with Crippen molar-refractivity contribution in [3.05, 3.63) is 24.4 Å². The fourth-order valence-electron chi connectivity index (χ4n) is 4.08. The number of aliphatic hydroxyl groups excluding tert-OH is 1. The molecular weight excluding hydrogens is 587 g/mol. The molecule has 0 radical (unpaired) electrons. The van der Waals surface area contributed by atoms with Crippen molar-refractivity contribution in [2.45, 2.75) is 63.4 Å². The van der Waals surface area contributed by atoms with E-state index in [1.165, 1.54) is 29.1 Å². The van der Waals surface area contributed by atoms with E-state index in [1.807, 2.05) is 0 Å². The average molecular weight is 622 g/mol. The lowest BCUT2D eigenvalue weighted by atomic mass is 10.1. The molecule has 4 rings (SSSR count). The summed E-state index contributed by atoms with van der Waals surface area (Å²) in [6.07, 6.45) is -6.31.